The lowest BCUT2D eigenvalue weighted by molar-refractivity contribution is -0.144. The second-order valence-corrected chi connectivity index (χ2v) is 19.2. The Morgan fingerprint density at radius 2 is 1.63 bits per heavy atom. The Morgan fingerprint density at radius 1 is 0.919 bits per heavy atom. The van der Waals surface area contributed by atoms with Crippen LogP contribution in [0.5, 0.6) is 17.2 Å². The van der Waals surface area contributed by atoms with Crippen molar-refractivity contribution in [1.82, 2.24) is 19.6 Å². The van der Waals surface area contributed by atoms with E-state index >= 15 is 9.59 Å². The highest BCUT2D eigenvalue weighted by Gasteiger charge is 2.69. The minimum Gasteiger partial charge on any atom is -0.508 e. The summed E-state index contributed by atoms with van der Waals surface area (Å²) in [6, 6.07) is 20.6. The molecule has 0 bridgehead atoms. The third-order valence-electron chi connectivity index (χ3n) is 14.5. The van der Waals surface area contributed by atoms with Gasteiger partial charge in [-0.2, -0.15) is 5.10 Å². The van der Waals surface area contributed by atoms with E-state index in [0.29, 0.717) is 41.4 Å². The van der Waals surface area contributed by atoms with Crippen molar-refractivity contribution in [1.29, 1.82) is 0 Å². The molecule has 6 unspecified atom stereocenters. The maximum absolute atomic E-state index is 15.4. The number of phenols is 1. The number of imide groups is 2. The number of aromatic nitrogens is 2. The van der Waals surface area contributed by atoms with E-state index in [1.807, 2.05) is 56.3 Å². The van der Waals surface area contributed by atoms with Gasteiger partial charge in [-0.05, 0) is 80.2 Å². The van der Waals surface area contributed by atoms with Crippen molar-refractivity contribution in [3.63, 3.8) is 0 Å². The zero-order valence-corrected chi connectivity index (χ0v) is 36.8. The van der Waals surface area contributed by atoms with Crippen LogP contribution >= 0.6 is 22.9 Å². The van der Waals surface area contributed by atoms with Crippen molar-refractivity contribution in [3.8, 4) is 27.8 Å². The van der Waals surface area contributed by atoms with Gasteiger partial charge in [-0.25, -0.2) is 4.90 Å². The first-order chi connectivity index (χ1) is 29.8. The van der Waals surface area contributed by atoms with E-state index in [1.165, 1.54) is 36.8 Å². The lowest BCUT2D eigenvalue weighted by Crippen LogP contribution is -2.49. The van der Waals surface area contributed by atoms with Crippen LogP contribution < -0.4 is 14.4 Å². The normalized spacial score (nSPS) is 26.5. The fourth-order valence-electron chi connectivity index (χ4n) is 11.5. The number of hydrogen-bond donors (Lipinski definition) is 1. The summed E-state index contributed by atoms with van der Waals surface area (Å²) in [5.74, 6) is -3.83. The van der Waals surface area contributed by atoms with Gasteiger partial charge in [0.15, 0.2) is 0 Å². The Balaban J connectivity index is 1.03. The summed E-state index contributed by atoms with van der Waals surface area (Å²) in [5.41, 5.74) is 2.77. The molecule has 4 amide bonds. The molecular weight excluding hydrogens is 826 g/mol. The predicted octanol–water partition coefficient (Wildman–Crippen LogP) is 7.88. The highest BCUT2D eigenvalue weighted by molar-refractivity contribution is 7.22. The Morgan fingerprint density at radius 3 is 2.32 bits per heavy atom. The lowest BCUT2D eigenvalue weighted by Gasteiger charge is -2.49. The van der Waals surface area contributed by atoms with E-state index in [4.69, 9.17) is 26.2 Å². The number of halogens is 1. The second-order valence-electron chi connectivity index (χ2n) is 17.7. The van der Waals surface area contributed by atoms with Crippen molar-refractivity contribution in [2.45, 2.75) is 58.0 Å². The molecule has 2 aromatic heterocycles. The molecule has 62 heavy (non-hydrogen) atoms. The Hall–Kier alpha value is -5.50. The highest BCUT2D eigenvalue weighted by Crippen LogP contribution is 2.66. The van der Waals surface area contributed by atoms with Gasteiger partial charge in [0.2, 0.25) is 23.6 Å². The fourth-order valence-corrected chi connectivity index (χ4v) is 12.8. The van der Waals surface area contributed by atoms with Gasteiger partial charge < -0.3 is 14.6 Å². The number of anilines is 1. The highest BCUT2D eigenvalue weighted by atomic mass is 35.5. The summed E-state index contributed by atoms with van der Waals surface area (Å²) in [5, 5.41) is 17.3. The maximum Gasteiger partial charge on any atom is 0.242 e. The van der Waals surface area contributed by atoms with Gasteiger partial charge in [0, 0.05) is 72.1 Å². The van der Waals surface area contributed by atoms with Crippen LogP contribution in [-0.2, 0) is 32.8 Å². The van der Waals surface area contributed by atoms with Crippen molar-refractivity contribution >= 4 is 62.5 Å². The molecule has 5 aliphatic rings. The van der Waals surface area contributed by atoms with Crippen LogP contribution in [-0.4, -0.2) is 81.7 Å². The maximum atomic E-state index is 15.4. The van der Waals surface area contributed by atoms with Gasteiger partial charge in [0.05, 0.1) is 42.3 Å². The number of rotatable bonds is 8. The molecule has 12 nitrogen and oxygen atoms in total. The summed E-state index contributed by atoms with van der Waals surface area (Å²) in [7, 11) is 4.70. The molecule has 1 N–H and O–H groups in total. The summed E-state index contributed by atoms with van der Waals surface area (Å²) in [4.78, 5) is 66.1. The number of piperidine rings is 1. The first-order valence-electron chi connectivity index (χ1n) is 21.2. The van der Waals surface area contributed by atoms with Crippen molar-refractivity contribution in [3.05, 3.63) is 100 Å². The van der Waals surface area contributed by atoms with E-state index < -0.39 is 46.8 Å². The average molecular weight is 874 g/mol. The van der Waals surface area contributed by atoms with E-state index in [9.17, 15) is 14.7 Å². The third kappa shape index (κ3) is 6.06. The first-order valence-corrected chi connectivity index (χ1v) is 22.4. The molecule has 5 heterocycles. The fraction of sp³-hybridized carbons (Fsp3) is 0.396. The number of aromatic hydroxyl groups is 1. The molecule has 3 saturated heterocycles. The molecule has 3 aromatic carbocycles. The van der Waals surface area contributed by atoms with Crippen molar-refractivity contribution < 1.29 is 33.8 Å². The van der Waals surface area contributed by atoms with Gasteiger partial charge in [-0.1, -0.05) is 53.6 Å². The van der Waals surface area contributed by atoms with Crippen LogP contribution in [0.2, 0.25) is 5.02 Å². The number of nitrogens with zero attached hydrogens (tertiary/aromatic N) is 5. The van der Waals surface area contributed by atoms with Crippen LogP contribution in [0.1, 0.15) is 55.2 Å². The van der Waals surface area contributed by atoms with Crippen molar-refractivity contribution in [2.24, 2.45) is 36.1 Å². The SMILES string of the molecule is COc1cc(O)cc(OC)c1C1C2=CCC3C(=O)N(C4CCN(Cc5ccccc5)CC4)C(=O)C3C2CC2C(=O)N(c3cc(-c4sc5ccc(Cl)cc5c4C)nn3C)C(=O)C21C. The Kier molecular flexibility index (Phi) is 9.88. The second kappa shape index (κ2) is 15.1. The number of carbonyl (C=O) groups is 4. The topological polar surface area (TPSA) is 135 Å². The summed E-state index contributed by atoms with van der Waals surface area (Å²) >= 11 is 7.93. The lowest BCUT2D eigenvalue weighted by atomic mass is 9.51. The van der Waals surface area contributed by atoms with E-state index in [1.54, 1.807) is 34.0 Å². The van der Waals surface area contributed by atoms with Gasteiger partial charge >= 0.3 is 0 Å². The molecular formula is C48H48ClN5O7S. The molecule has 6 atom stereocenters. The summed E-state index contributed by atoms with van der Waals surface area (Å²) < 4.78 is 14.5. The van der Waals surface area contributed by atoms with Crippen LogP contribution in [0.4, 0.5) is 5.82 Å². The predicted molar refractivity (Wildman–Crippen MR) is 236 cm³/mol. The number of thiophene rings is 1. The molecule has 3 aliphatic heterocycles. The average Bonchev–Trinajstić information content (AvgIpc) is 3.94. The number of allylic oxidation sites excluding steroid dienone is 2. The van der Waals surface area contributed by atoms with E-state index in [-0.39, 0.29) is 41.5 Å². The summed E-state index contributed by atoms with van der Waals surface area (Å²) in [6.07, 6.45) is 3.92. The van der Waals surface area contributed by atoms with E-state index in [0.717, 1.165) is 45.7 Å². The number of likely N-dealkylation sites (tertiary alicyclic amines) is 2. The van der Waals surface area contributed by atoms with Gasteiger partial charge in [-0.3, -0.25) is 33.7 Å². The number of amides is 4. The molecule has 1 saturated carbocycles. The molecule has 5 aromatic rings. The molecule has 2 aliphatic carbocycles. The minimum atomic E-state index is -1.38. The van der Waals surface area contributed by atoms with Crippen molar-refractivity contribution in [2.75, 3.05) is 32.2 Å². The van der Waals surface area contributed by atoms with Gasteiger partial charge in [0.25, 0.3) is 0 Å². The summed E-state index contributed by atoms with van der Waals surface area (Å²) in [6.45, 7) is 6.18. The number of phenolic OH excluding ortho intramolecular Hbond substituents is 1. The van der Waals surface area contributed by atoms with Gasteiger partial charge in [-0.15, -0.1) is 11.3 Å². The standard InChI is InChI=1S/C48H48ClN5O7S/c1-25-32-19-27(49)11-14-38(32)62-43(25)35-23-39(51(3)50-35)54-45(57)34-22-33-30(42(48(34,2)47(54)59)41-36(60-4)20-29(55)21-37(41)61-5)12-13-31-40(33)46(58)53(44(31)56)28-15-17-52(18-16-28)24-26-9-7-6-8-10-26/h6-12,14,19-21,23,28,31,33-34,40,42,55H,13,15-18,22,24H2,1-5H3. The van der Waals surface area contributed by atoms with Crippen LogP contribution in [0.3, 0.4) is 0 Å². The largest absolute Gasteiger partial charge is 0.508 e. The Bertz CT molecular complexity index is 2700. The molecule has 0 radical (unpaired) electrons. The monoisotopic (exact) mass is 873 g/mol. The molecule has 10 rings (SSSR count). The molecule has 0 spiro atoms. The number of methoxy groups -OCH3 is 2. The zero-order valence-electron chi connectivity index (χ0n) is 35.3. The van der Waals surface area contributed by atoms with Crippen LogP contribution in [0.25, 0.3) is 20.7 Å². The number of ether oxygens (including phenoxy) is 2. The number of hydrogen-bond acceptors (Lipinski definition) is 10. The van der Waals surface area contributed by atoms with Crippen LogP contribution in [0.15, 0.2) is 78.4 Å². The first kappa shape index (κ1) is 40.6. The third-order valence-corrected chi connectivity index (χ3v) is 16.0. The van der Waals surface area contributed by atoms with Gasteiger partial charge in [0.1, 0.15) is 28.8 Å². The Labute approximate surface area is 368 Å². The quantitative estimate of drug-likeness (QED) is 0.122. The number of fused-ring (bicyclic) bond motifs is 5. The minimum absolute atomic E-state index is 0.0899. The molecule has 14 heteroatoms. The van der Waals surface area contributed by atoms with Crippen LogP contribution in [0, 0.1) is 36.0 Å². The van der Waals surface area contributed by atoms with E-state index in [2.05, 4.69) is 17.0 Å². The molecule has 320 valence electrons. The smallest absolute Gasteiger partial charge is 0.242 e. The molecule has 4 fully saturated rings. The number of aryl methyl sites for hydroxylation is 2. The number of benzene rings is 3. The number of carbonyl (C=O) groups excluding carboxylic acids is 4. The zero-order chi connectivity index (χ0) is 43.4.